The van der Waals surface area contributed by atoms with Gasteiger partial charge in [0.2, 0.25) is 5.88 Å². The molecule has 2 unspecified atom stereocenters. The van der Waals surface area contributed by atoms with Crippen LogP contribution in [0.1, 0.15) is 23.1 Å². The van der Waals surface area contributed by atoms with Crippen molar-refractivity contribution in [1.82, 2.24) is 14.5 Å². The highest BCUT2D eigenvalue weighted by molar-refractivity contribution is 7.90. The molecular formula is C27H28N4O3S. The molecular weight excluding hydrogens is 460 g/mol. The lowest BCUT2D eigenvalue weighted by molar-refractivity contribution is 0.0775. The number of fused-ring (bicyclic) bond motifs is 1. The van der Waals surface area contributed by atoms with Gasteiger partial charge in [-0.05, 0) is 16.7 Å². The van der Waals surface area contributed by atoms with Gasteiger partial charge in [0.05, 0.1) is 25.5 Å². The van der Waals surface area contributed by atoms with Gasteiger partial charge in [-0.15, -0.1) is 0 Å². The van der Waals surface area contributed by atoms with Gasteiger partial charge in [0, 0.05) is 13.5 Å². The fourth-order valence-corrected chi connectivity index (χ4v) is 6.11. The fourth-order valence-electron chi connectivity index (χ4n) is 4.61. The van der Waals surface area contributed by atoms with Crippen molar-refractivity contribution in [3.8, 4) is 5.88 Å². The summed E-state index contributed by atoms with van der Waals surface area (Å²) in [6.07, 6.45) is 2.10. The minimum Gasteiger partial charge on any atom is -0.477 e. The summed E-state index contributed by atoms with van der Waals surface area (Å²) in [6, 6.07) is 29.4. The molecule has 1 aliphatic heterocycles. The SMILES string of the molecule is COC1CCOc2c(S(=N)(=O)NC(c3ccccc3)(c3ccccc3)c3ccccc3)cnn2C1. The first-order valence-electron chi connectivity index (χ1n) is 11.5. The minimum absolute atomic E-state index is 0.0595. The number of rotatable bonds is 7. The van der Waals surface area contributed by atoms with E-state index in [0.717, 1.165) is 16.7 Å². The maximum atomic E-state index is 14.3. The molecule has 0 saturated heterocycles. The number of nitrogens with one attached hydrogen (secondary N) is 2. The van der Waals surface area contributed by atoms with Gasteiger partial charge in [0.1, 0.15) is 20.3 Å². The Morgan fingerprint density at radius 3 is 1.97 bits per heavy atom. The molecule has 0 fully saturated rings. The van der Waals surface area contributed by atoms with E-state index < -0.39 is 15.5 Å². The van der Waals surface area contributed by atoms with E-state index in [0.29, 0.717) is 25.5 Å². The number of benzene rings is 3. The number of aromatic nitrogens is 2. The van der Waals surface area contributed by atoms with Crippen molar-refractivity contribution < 1.29 is 13.7 Å². The van der Waals surface area contributed by atoms with Gasteiger partial charge in [-0.1, -0.05) is 91.0 Å². The summed E-state index contributed by atoms with van der Waals surface area (Å²) in [4.78, 5) is 0.224. The van der Waals surface area contributed by atoms with Gasteiger partial charge in [-0.3, -0.25) is 0 Å². The molecule has 1 aliphatic rings. The highest BCUT2D eigenvalue weighted by atomic mass is 32.2. The van der Waals surface area contributed by atoms with Gasteiger partial charge in [-0.25, -0.2) is 18.4 Å². The average molecular weight is 489 g/mol. The van der Waals surface area contributed by atoms with Crippen molar-refractivity contribution in [3.63, 3.8) is 0 Å². The fraction of sp³-hybridized carbons (Fsp3) is 0.222. The van der Waals surface area contributed by atoms with Crippen LogP contribution in [0.4, 0.5) is 0 Å². The monoisotopic (exact) mass is 488 g/mol. The first kappa shape index (κ1) is 23.3. The molecule has 0 aliphatic carbocycles. The summed E-state index contributed by atoms with van der Waals surface area (Å²) in [5.74, 6) is 0.347. The van der Waals surface area contributed by atoms with Crippen molar-refractivity contribution >= 4 is 9.92 Å². The molecule has 2 heterocycles. The van der Waals surface area contributed by atoms with Gasteiger partial charge < -0.3 is 9.47 Å². The summed E-state index contributed by atoms with van der Waals surface area (Å²) in [5.41, 5.74) is 1.56. The molecule has 7 nitrogen and oxygen atoms in total. The van der Waals surface area contributed by atoms with Gasteiger partial charge in [-0.2, -0.15) is 5.10 Å². The largest absolute Gasteiger partial charge is 0.477 e. The lowest BCUT2D eigenvalue weighted by atomic mass is 9.78. The third-order valence-electron chi connectivity index (χ3n) is 6.38. The Morgan fingerprint density at radius 1 is 0.971 bits per heavy atom. The summed E-state index contributed by atoms with van der Waals surface area (Å²) in [6.45, 7) is 0.871. The second kappa shape index (κ2) is 9.65. The third-order valence-corrected chi connectivity index (χ3v) is 7.87. The first-order chi connectivity index (χ1) is 17.0. The van der Waals surface area contributed by atoms with Crippen LogP contribution in [0, 0.1) is 4.78 Å². The van der Waals surface area contributed by atoms with Crippen LogP contribution in [0.2, 0.25) is 0 Å². The molecule has 0 bridgehead atoms. The molecule has 0 amide bonds. The predicted octanol–water partition coefficient (Wildman–Crippen LogP) is 4.58. The molecule has 180 valence electrons. The maximum Gasteiger partial charge on any atom is 0.230 e. The molecule has 2 N–H and O–H groups in total. The van der Waals surface area contributed by atoms with E-state index in [1.54, 1.807) is 11.8 Å². The molecule has 0 saturated carbocycles. The number of hydrogen-bond acceptors (Lipinski definition) is 5. The van der Waals surface area contributed by atoms with E-state index in [-0.39, 0.29) is 11.0 Å². The lowest BCUT2D eigenvalue weighted by Gasteiger charge is -2.37. The number of nitrogens with zero attached hydrogens (tertiary/aromatic N) is 2. The Hall–Kier alpha value is -3.46. The topological polar surface area (TPSA) is 89.2 Å². The van der Waals surface area contributed by atoms with E-state index in [1.165, 1.54) is 6.20 Å². The van der Waals surface area contributed by atoms with Crippen LogP contribution in [-0.2, 0) is 26.7 Å². The molecule has 35 heavy (non-hydrogen) atoms. The third kappa shape index (κ3) is 4.36. The Morgan fingerprint density at radius 2 is 1.49 bits per heavy atom. The Balaban J connectivity index is 1.69. The van der Waals surface area contributed by atoms with E-state index >= 15 is 0 Å². The van der Waals surface area contributed by atoms with Crippen LogP contribution in [-0.4, -0.2) is 33.8 Å². The summed E-state index contributed by atoms with van der Waals surface area (Å²) in [5, 5.41) is 4.40. The molecule has 5 rings (SSSR count). The zero-order valence-corrected chi connectivity index (χ0v) is 20.3. The maximum absolute atomic E-state index is 14.3. The molecule has 3 aromatic carbocycles. The number of methoxy groups -OCH3 is 1. The predicted molar refractivity (Wildman–Crippen MR) is 135 cm³/mol. The Kier molecular flexibility index (Phi) is 6.42. The first-order valence-corrected chi connectivity index (χ1v) is 13.1. The second-order valence-corrected chi connectivity index (χ2v) is 10.3. The highest BCUT2D eigenvalue weighted by Crippen LogP contribution is 2.39. The van der Waals surface area contributed by atoms with Crippen molar-refractivity contribution in [2.45, 2.75) is 29.5 Å². The normalized spacial score (nSPS) is 17.6. The second-order valence-electron chi connectivity index (χ2n) is 8.50. The van der Waals surface area contributed by atoms with Crippen molar-refractivity contribution in [2.75, 3.05) is 13.7 Å². The van der Waals surface area contributed by atoms with E-state index in [1.807, 2.05) is 91.0 Å². The Labute approximate surface area is 205 Å². The molecule has 1 aromatic heterocycles. The van der Waals surface area contributed by atoms with Gasteiger partial charge >= 0.3 is 0 Å². The summed E-state index contributed by atoms with van der Waals surface area (Å²) in [7, 11) is -1.94. The van der Waals surface area contributed by atoms with Crippen LogP contribution >= 0.6 is 0 Å². The quantitative estimate of drug-likeness (QED) is 0.373. The Bertz CT molecular complexity index is 1280. The van der Waals surface area contributed by atoms with E-state index in [4.69, 9.17) is 14.3 Å². The van der Waals surface area contributed by atoms with Crippen molar-refractivity contribution in [2.24, 2.45) is 0 Å². The average Bonchev–Trinajstić information content (AvgIpc) is 3.20. The minimum atomic E-state index is -3.60. The molecule has 4 aromatic rings. The zero-order valence-electron chi connectivity index (χ0n) is 19.5. The summed E-state index contributed by atoms with van der Waals surface area (Å²) < 4.78 is 39.8. The molecule has 8 heteroatoms. The molecule has 0 spiro atoms. The molecule has 0 radical (unpaired) electrons. The van der Waals surface area contributed by atoms with Crippen LogP contribution < -0.4 is 9.46 Å². The van der Waals surface area contributed by atoms with Crippen LogP contribution in [0.15, 0.2) is 102 Å². The van der Waals surface area contributed by atoms with E-state index in [2.05, 4.69) is 9.82 Å². The van der Waals surface area contributed by atoms with E-state index in [9.17, 15) is 4.21 Å². The smallest absolute Gasteiger partial charge is 0.230 e. The van der Waals surface area contributed by atoms with Crippen LogP contribution in [0.25, 0.3) is 0 Å². The molecule has 2 atom stereocenters. The summed E-state index contributed by atoms with van der Waals surface area (Å²) >= 11 is 0. The van der Waals surface area contributed by atoms with Crippen LogP contribution in [0.3, 0.4) is 0 Å². The van der Waals surface area contributed by atoms with Gasteiger partial charge in [0.15, 0.2) is 0 Å². The van der Waals surface area contributed by atoms with Crippen molar-refractivity contribution in [1.29, 1.82) is 4.78 Å². The lowest BCUT2D eigenvalue weighted by Crippen LogP contribution is -2.47. The number of hydrogen-bond donors (Lipinski definition) is 2. The zero-order chi connectivity index (χ0) is 24.3. The highest BCUT2D eigenvalue weighted by Gasteiger charge is 2.40. The number of ether oxygens (including phenoxy) is 2. The standard InChI is InChI=1S/C27H28N4O3S/c1-33-24-17-18-34-26-25(19-29-31(26)20-24)35(28,32)30-27(21-11-5-2-6-12-21,22-13-7-3-8-14-22)23-15-9-4-10-16-23/h2-16,19,24H,17-18,20H2,1H3,(H2,28,30,32). The van der Waals surface area contributed by atoms with Gasteiger partial charge in [0.25, 0.3) is 0 Å². The van der Waals surface area contributed by atoms with Crippen LogP contribution in [0.5, 0.6) is 5.88 Å². The van der Waals surface area contributed by atoms with Crippen molar-refractivity contribution in [3.05, 3.63) is 114 Å².